The number of aliphatic carboxylic acids is 2. The SMILES string of the molecule is CC(O)C(=O)[O-].CC(O)C(=O)[O-].O=S(=O)([O-])[O-].O=S(=O)([O-])[O-].[Ca+2].[Ca+2].[Ca+2]. The van der Waals surface area contributed by atoms with Crippen LogP contribution in [-0.4, -0.2) is 183 Å². The summed E-state index contributed by atoms with van der Waals surface area (Å²) in [6.45, 7) is 2.27. The van der Waals surface area contributed by atoms with Gasteiger partial charge in [-0.05, 0) is 13.8 Å². The minimum atomic E-state index is -5.17. The van der Waals surface area contributed by atoms with Crippen molar-refractivity contribution in [3.8, 4) is 0 Å². The molecule has 0 fully saturated rings. The molecule has 136 valence electrons. The molecule has 0 amide bonds. The monoisotopic (exact) mass is 490 g/mol. The van der Waals surface area contributed by atoms with Gasteiger partial charge in [0.2, 0.25) is 0 Å². The van der Waals surface area contributed by atoms with E-state index in [0.29, 0.717) is 0 Å². The molecule has 2 N–H and O–H groups in total. The molecule has 0 heterocycles. The third-order valence-electron chi connectivity index (χ3n) is 0.682. The van der Waals surface area contributed by atoms with Gasteiger partial charge in [-0.25, -0.2) is 0 Å². The molecular formula is C6H10Ca3O14S2. The van der Waals surface area contributed by atoms with E-state index in [2.05, 4.69) is 0 Å². The van der Waals surface area contributed by atoms with Gasteiger partial charge < -0.3 is 48.2 Å². The molecule has 0 rings (SSSR count). The largest absolute Gasteiger partial charge is 2.00 e. The van der Waals surface area contributed by atoms with Crippen LogP contribution in [0.25, 0.3) is 0 Å². The smallest absolute Gasteiger partial charge is 0.759 e. The Morgan fingerprint density at radius 1 is 0.680 bits per heavy atom. The molecule has 0 spiro atoms. The number of rotatable bonds is 2. The van der Waals surface area contributed by atoms with E-state index in [4.69, 9.17) is 45.3 Å². The Bertz CT molecular complexity index is 449. The van der Waals surface area contributed by atoms with Crippen LogP contribution >= 0.6 is 0 Å². The molecule has 0 aliphatic rings. The normalized spacial score (nSPS) is 11.2. The summed E-state index contributed by atoms with van der Waals surface area (Å²) >= 11 is 0. The van der Waals surface area contributed by atoms with E-state index in [-0.39, 0.29) is 113 Å². The summed E-state index contributed by atoms with van der Waals surface area (Å²) in [5, 5.41) is 34.6. The first-order chi connectivity index (χ1) is 9.29. The molecule has 0 bridgehead atoms. The maximum Gasteiger partial charge on any atom is 2.00 e. The second-order valence-electron chi connectivity index (χ2n) is 2.81. The summed E-state index contributed by atoms with van der Waals surface area (Å²) < 4.78 is 68.2. The Hall–Kier alpha value is 2.38. The second kappa shape index (κ2) is 24.4. The first-order valence-corrected chi connectivity index (χ1v) is 7.06. The molecule has 0 saturated heterocycles. The summed E-state index contributed by atoms with van der Waals surface area (Å²) in [6.07, 6.45) is -2.69. The molecule has 0 aliphatic carbocycles. The number of carboxylic acids is 2. The van der Waals surface area contributed by atoms with Gasteiger partial charge in [-0.1, -0.05) is 0 Å². The van der Waals surface area contributed by atoms with Crippen molar-refractivity contribution in [3.05, 3.63) is 0 Å². The van der Waals surface area contributed by atoms with Crippen molar-refractivity contribution < 1.29 is 65.1 Å². The topological polar surface area (TPSA) is 281 Å². The van der Waals surface area contributed by atoms with Gasteiger partial charge in [0.15, 0.2) is 0 Å². The number of aliphatic hydroxyl groups is 2. The zero-order valence-corrected chi connectivity index (χ0v) is 21.1. The molecule has 2 atom stereocenters. The van der Waals surface area contributed by atoms with E-state index >= 15 is 0 Å². The number of hydrogen-bond acceptors (Lipinski definition) is 14. The number of aliphatic hydroxyl groups excluding tert-OH is 2. The van der Waals surface area contributed by atoms with Gasteiger partial charge in [0, 0.05) is 20.8 Å². The number of carbonyl (C=O) groups is 2. The van der Waals surface area contributed by atoms with Crippen LogP contribution in [0.3, 0.4) is 0 Å². The molecule has 2 unspecified atom stereocenters. The van der Waals surface area contributed by atoms with Crippen LogP contribution in [0.2, 0.25) is 0 Å². The van der Waals surface area contributed by atoms with Crippen molar-refractivity contribution in [2.45, 2.75) is 26.1 Å². The molecule has 0 aliphatic heterocycles. The molecule has 0 aromatic heterocycles. The molecule has 0 saturated carbocycles. The van der Waals surface area contributed by atoms with E-state index in [1.165, 1.54) is 0 Å². The van der Waals surface area contributed by atoms with Crippen LogP contribution in [0.1, 0.15) is 13.8 Å². The predicted octanol–water partition coefficient (Wildman–Crippen LogP) is -7.58. The van der Waals surface area contributed by atoms with Crippen LogP contribution in [-0.2, 0) is 30.4 Å². The molecular weight excluding hydrogens is 480 g/mol. The predicted molar refractivity (Wildman–Crippen MR) is 71.6 cm³/mol. The average Bonchev–Trinajstić information content (AvgIpc) is 2.12. The molecule has 19 heteroatoms. The fraction of sp³-hybridized carbons (Fsp3) is 0.667. The quantitative estimate of drug-likeness (QED) is 0.206. The first-order valence-electron chi connectivity index (χ1n) is 4.40. The third kappa shape index (κ3) is 146. The van der Waals surface area contributed by atoms with Crippen molar-refractivity contribution >= 4 is 146 Å². The fourth-order valence-corrected chi connectivity index (χ4v) is 0. The average molecular weight is 491 g/mol. The summed E-state index contributed by atoms with van der Waals surface area (Å²) in [7, 11) is -10.3. The van der Waals surface area contributed by atoms with Crippen LogP contribution < -0.4 is 10.2 Å². The van der Waals surface area contributed by atoms with Crippen molar-refractivity contribution in [3.63, 3.8) is 0 Å². The van der Waals surface area contributed by atoms with Gasteiger partial charge in [-0.15, -0.1) is 0 Å². The summed E-state index contributed by atoms with van der Waals surface area (Å²) in [6, 6.07) is 0. The third-order valence-corrected chi connectivity index (χ3v) is 0.682. The summed E-state index contributed by atoms with van der Waals surface area (Å²) in [5.74, 6) is -2.87. The van der Waals surface area contributed by atoms with E-state index in [9.17, 15) is 19.8 Å². The summed E-state index contributed by atoms with van der Waals surface area (Å²) in [5.41, 5.74) is 0. The maximum absolute atomic E-state index is 9.34. The minimum absolute atomic E-state index is 0. The van der Waals surface area contributed by atoms with E-state index in [0.717, 1.165) is 13.8 Å². The minimum Gasteiger partial charge on any atom is -0.759 e. The number of hydrogen-bond donors (Lipinski definition) is 2. The first kappa shape index (κ1) is 45.9. The summed E-state index contributed by atoms with van der Waals surface area (Å²) in [4.78, 5) is 18.7. The molecule has 25 heavy (non-hydrogen) atoms. The Morgan fingerprint density at radius 3 is 0.720 bits per heavy atom. The zero-order valence-electron chi connectivity index (χ0n) is 12.9. The van der Waals surface area contributed by atoms with Crippen molar-refractivity contribution in [1.82, 2.24) is 0 Å². The Labute approximate surface area is 233 Å². The van der Waals surface area contributed by atoms with Gasteiger partial charge in [0.05, 0.1) is 24.1 Å². The number of carboxylic acid groups (broad SMARTS) is 2. The Kier molecular flexibility index (Phi) is 44.8. The van der Waals surface area contributed by atoms with Crippen molar-refractivity contribution in [1.29, 1.82) is 0 Å². The van der Waals surface area contributed by atoms with Gasteiger partial charge in [-0.3, -0.25) is 16.8 Å². The van der Waals surface area contributed by atoms with Crippen LogP contribution in [0, 0.1) is 0 Å². The molecule has 0 radical (unpaired) electrons. The van der Waals surface area contributed by atoms with Gasteiger partial charge in [0.1, 0.15) is 0 Å². The van der Waals surface area contributed by atoms with Crippen LogP contribution in [0.15, 0.2) is 0 Å². The van der Waals surface area contributed by atoms with Gasteiger partial charge >= 0.3 is 113 Å². The van der Waals surface area contributed by atoms with Crippen molar-refractivity contribution in [2.75, 3.05) is 0 Å². The van der Waals surface area contributed by atoms with E-state index in [1.807, 2.05) is 0 Å². The second-order valence-corrected chi connectivity index (χ2v) is 4.44. The number of carbonyl (C=O) groups excluding carboxylic acids is 2. The molecule has 0 aromatic rings. The standard InChI is InChI=1S/2C3H6O3.3Ca.2H2O4S/c2*1-2(4)3(5)6;;;;2*1-5(2,3)4/h2*2,4H,1H3,(H,5,6);;;;2*(H2,1,2,3,4)/q;;3*+2;;/p-6. The Balaban J connectivity index is -0.0000000333. The van der Waals surface area contributed by atoms with Crippen LogP contribution in [0.5, 0.6) is 0 Å². The van der Waals surface area contributed by atoms with Gasteiger partial charge in [0.25, 0.3) is 0 Å². The Morgan fingerprint density at radius 2 is 0.720 bits per heavy atom. The van der Waals surface area contributed by atoms with Gasteiger partial charge in [-0.2, -0.15) is 0 Å². The van der Waals surface area contributed by atoms with E-state index < -0.39 is 44.9 Å². The molecule has 0 aromatic carbocycles. The molecule has 14 nitrogen and oxygen atoms in total. The maximum atomic E-state index is 9.34. The fourth-order valence-electron chi connectivity index (χ4n) is 0. The van der Waals surface area contributed by atoms with E-state index in [1.54, 1.807) is 0 Å². The van der Waals surface area contributed by atoms with Crippen LogP contribution in [0.4, 0.5) is 0 Å². The zero-order chi connectivity index (χ0) is 19.3. The van der Waals surface area contributed by atoms with Crippen molar-refractivity contribution in [2.24, 2.45) is 0 Å².